The van der Waals surface area contributed by atoms with Crippen molar-refractivity contribution in [3.8, 4) is 0 Å². The lowest BCUT2D eigenvalue weighted by molar-refractivity contribution is 0.161. The van der Waals surface area contributed by atoms with Crippen LogP contribution >= 0.6 is 0 Å². The van der Waals surface area contributed by atoms with Crippen LogP contribution < -0.4 is 5.32 Å². The summed E-state index contributed by atoms with van der Waals surface area (Å²) in [5.41, 5.74) is 1.34. The van der Waals surface area contributed by atoms with E-state index in [1.165, 1.54) is 5.56 Å². The Morgan fingerprint density at radius 1 is 1.24 bits per heavy atom. The number of benzene rings is 1. The topological polar surface area (TPSA) is 24.5 Å². The van der Waals surface area contributed by atoms with Crippen LogP contribution in [0.1, 0.15) is 18.5 Å². The lowest BCUT2D eigenvalue weighted by Crippen LogP contribution is -2.32. The van der Waals surface area contributed by atoms with Gasteiger partial charge in [0.15, 0.2) is 0 Å². The molecule has 1 N–H and O–H groups in total. The minimum atomic E-state index is 0.409. The van der Waals surface area contributed by atoms with Gasteiger partial charge < -0.3 is 15.0 Å². The zero-order valence-corrected chi connectivity index (χ0v) is 11.1. The van der Waals surface area contributed by atoms with E-state index in [2.05, 4.69) is 54.5 Å². The summed E-state index contributed by atoms with van der Waals surface area (Å²) in [5, 5.41) is 3.52. The average molecular weight is 236 g/mol. The second kappa shape index (κ2) is 8.23. The number of rotatable bonds is 8. The van der Waals surface area contributed by atoms with Crippen molar-refractivity contribution in [3.63, 3.8) is 0 Å². The van der Waals surface area contributed by atoms with E-state index in [0.29, 0.717) is 6.04 Å². The minimum Gasteiger partial charge on any atom is -0.383 e. The van der Waals surface area contributed by atoms with Crippen molar-refractivity contribution in [1.29, 1.82) is 0 Å². The fraction of sp³-hybridized carbons (Fsp3) is 0.571. The summed E-state index contributed by atoms with van der Waals surface area (Å²) >= 11 is 0. The van der Waals surface area contributed by atoms with Crippen molar-refractivity contribution in [2.45, 2.75) is 13.0 Å². The maximum absolute atomic E-state index is 5.05. The van der Waals surface area contributed by atoms with E-state index in [4.69, 9.17) is 4.74 Å². The Hall–Kier alpha value is -0.900. The lowest BCUT2D eigenvalue weighted by Gasteiger charge is -2.19. The van der Waals surface area contributed by atoms with E-state index in [1.54, 1.807) is 7.11 Å². The molecule has 3 heteroatoms. The summed E-state index contributed by atoms with van der Waals surface area (Å²) in [6.07, 6.45) is 0. The van der Waals surface area contributed by atoms with Crippen LogP contribution in [0.3, 0.4) is 0 Å². The highest BCUT2D eigenvalue weighted by atomic mass is 16.5. The number of nitrogens with zero attached hydrogens (tertiary/aromatic N) is 1. The van der Waals surface area contributed by atoms with Crippen LogP contribution in [0.5, 0.6) is 0 Å². The largest absolute Gasteiger partial charge is 0.383 e. The Morgan fingerprint density at radius 2 is 1.94 bits per heavy atom. The van der Waals surface area contributed by atoms with E-state index in [-0.39, 0.29) is 0 Å². The first-order valence-electron chi connectivity index (χ1n) is 6.20. The molecule has 1 rings (SSSR count). The zero-order chi connectivity index (χ0) is 12.5. The molecule has 0 bridgehead atoms. The van der Waals surface area contributed by atoms with Crippen molar-refractivity contribution in [2.24, 2.45) is 0 Å². The molecular weight excluding hydrogens is 212 g/mol. The van der Waals surface area contributed by atoms with Crippen LogP contribution in [-0.4, -0.2) is 45.3 Å². The maximum Gasteiger partial charge on any atom is 0.0589 e. The van der Waals surface area contributed by atoms with Gasteiger partial charge in [-0.2, -0.15) is 0 Å². The fourth-order valence-electron chi connectivity index (χ4n) is 1.69. The van der Waals surface area contributed by atoms with Gasteiger partial charge in [0.25, 0.3) is 0 Å². The van der Waals surface area contributed by atoms with Gasteiger partial charge in [-0.1, -0.05) is 30.3 Å². The summed E-state index contributed by atoms with van der Waals surface area (Å²) in [6.45, 7) is 6.02. The number of methoxy groups -OCH3 is 1. The van der Waals surface area contributed by atoms with Gasteiger partial charge in [-0.25, -0.2) is 0 Å². The first-order valence-corrected chi connectivity index (χ1v) is 6.20. The van der Waals surface area contributed by atoms with Crippen LogP contribution in [0.25, 0.3) is 0 Å². The van der Waals surface area contributed by atoms with E-state index in [9.17, 15) is 0 Å². The highest BCUT2D eigenvalue weighted by Gasteiger charge is 2.04. The Bertz CT molecular complexity index is 290. The highest BCUT2D eigenvalue weighted by Crippen LogP contribution is 2.10. The van der Waals surface area contributed by atoms with Gasteiger partial charge in [-0.15, -0.1) is 0 Å². The van der Waals surface area contributed by atoms with Crippen LogP contribution in [0.15, 0.2) is 30.3 Å². The maximum atomic E-state index is 5.05. The number of nitrogens with one attached hydrogen (secondary N) is 1. The highest BCUT2D eigenvalue weighted by molar-refractivity contribution is 5.17. The second-order valence-electron chi connectivity index (χ2n) is 4.38. The van der Waals surface area contributed by atoms with Gasteiger partial charge in [0, 0.05) is 32.8 Å². The Morgan fingerprint density at radius 3 is 2.59 bits per heavy atom. The standard InChI is InChI=1S/C14H24N2O/c1-13(14-7-5-4-6-8-14)15-9-10-16(2)11-12-17-3/h4-8,13,15H,9-12H2,1-3H3. The third-order valence-electron chi connectivity index (χ3n) is 2.92. The predicted octanol–water partition coefficient (Wildman–Crippen LogP) is 1.92. The van der Waals surface area contributed by atoms with Gasteiger partial charge in [-0.05, 0) is 19.5 Å². The van der Waals surface area contributed by atoms with Gasteiger partial charge in [0.05, 0.1) is 6.61 Å². The Balaban J connectivity index is 2.18. The molecule has 0 aliphatic heterocycles. The fourth-order valence-corrected chi connectivity index (χ4v) is 1.69. The molecule has 0 aliphatic carbocycles. The molecule has 0 spiro atoms. The quantitative estimate of drug-likeness (QED) is 0.746. The molecule has 1 atom stereocenters. The summed E-state index contributed by atoms with van der Waals surface area (Å²) in [4.78, 5) is 2.27. The molecule has 0 saturated carbocycles. The third kappa shape index (κ3) is 5.82. The molecule has 0 radical (unpaired) electrons. The van der Waals surface area contributed by atoms with Crippen molar-refractivity contribution in [3.05, 3.63) is 35.9 Å². The summed E-state index contributed by atoms with van der Waals surface area (Å²) in [7, 11) is 3.86. The number of hydrogen-bond acceptors (Lipinski definition) is 3. The third-order valence-corrected chi connectivity index (χ3v) is 2.92. The second-order valence-corrected chi connectivity index (χ2v) is 4.38. The van der Waals surface area contributed by atoms with E-state index >= 15 is 0 Å². The normalized spacial score (nSPS) is 12.9. The molecular formula is C14H24N2O. The van der Waals surface area contributed by atoms with Crippen molar-refractivity contribution in [1.82, 2.24) is 10.2 Å². The van der Waals surface area contributed by atoms with Crippen LogP contribution in [0.4, 0.5) is 0 Å². The molecule has 3 nitrogen and oxygen atoms in total. The lowest BCUT2D eigenvalue weighted by atomic mass is 10.1. The first-order chi connectivity index (χ1) is 8.24. The van der Waals surface area contributed by atoms with E-state index in [1.807, 2.05) is 0 Å². The molecule has 0 heterocycles. The van der Waals surface area contributed by atoms with Gasteiger partial charge >= 0.3 is 0 Å². The van der Waals surface area contributed by atoms with E-state index < -0.39 is 0 Å². The molecule has 96 valence electrons. The molecule has 17 heavy (non-hydrogen) atoms. The summed E-state index contributed by atoms with van der Waals surface area (Å²) < 4.78 is 5.05. The van der Waals surface area contributed by atoms with Crippen molar-refractivity contribution in [2.75, 3.05) is 40.4 Å². The SMILES string of the molecule is COCCN(C)CCNC(C)c1ccccc1. The smallest absolute Gasteiger partial charge is 0.0589 e. The van der Waals surface area contributed by atoms with Gasteiger partial charge in [0.1, 0.15) is 0 Å². The van der Waals surface area contributed by atoms with Crippen LogP contribution in [0.2, 0.25) is 0 Å². The van der Waals surface area contributed by atoms with Crippen LogP contribution in [0, 0.1) is 0 Å². The number of ether oxygens (including phenoxy) is 1. The van der Waals surface area contributed by atoms with Crippen molar-refractivity contribution < 1.29 is 4.74 Å². The van der Waals surface area contributed by atoms with Crippen LogP contribution in [-0.2, 0) is 4.74 Å². The molecule has 1 aromatic rings. The van der Waals surface area contributed by atoms with Crippen molar-refractivity contribution >= 4 is 0 Å². The molecule has 1 aromatic carbocycles. The molecule has 0 amide bonds. The Labute approximate surface area is 105 Å². The number of hydrogen-bond donors (Lipinski definition) is 1. The molecule has 0 aromatic heterocycles. The number of likely N-dealkylation sites (N-methyl/N-ethyl adjacent to an activating group) is 1. The first kappa shape index (κ1) is 14.2. The summed E-state index contributed by atoms with van der Waals surface area (Å²) in [5.74, 6) is 0. The molecule has 1 unspecified atom stereocenters. The predicted molar refractivity (Wildman–Crippen MR) is 72.2 cm³/mol. The average Bonchev–Trinajstić information content (AvgIpc) is 2.37. The Kier molecular flexibility index (Phi) is 6.86. The van der Waals surface area contributed by atoms with Gasteiger partial charge in [0.2, 0.25) is 0 Å². The molecule has 0 saturated heterocycles. The minimum absolute atomic E-state index is 0.409. The van der Waals surface area contributed by atoms with E-state index in [0.717, 1.165) is 26.2 Å². The molecule has 0 aliphatic rings. The monoisotopic (exact) mass is 236 g/mol. The van der Waals surface area contributed by atoms with Gasteiger partial charge in [-0.3, -0.25) is 0 Å². The summed E-state index contributed by atoms with van der Waals surface area (Å²) in [6, 6.07) is 10.9. The zero-order valence-electron chi connectivity index (χ0n) is 11.1. The molecule has 0 fully saturated rings.